The second-order valence-electron chi connectivity index (χ2n) is 5.99. The van der Waals surface area contributed by atoms with Gasteiger partial charge < -0.3 is 15.0 Å². The average molecular weight is 405 g/mol. The van der Waals surface area contributed by atoms with Gasteiger partial charge in [0.15, 0.2) is 0 Å². The van der Waals surface area contributed by atoms with Crippen LogP contribution >= 0.6 is 15.9 Å². The monoisotopic (exact) mass is 404 g/mol. The van der Waals surface area contributed by atoms with E-state index in [9.17, 15) is 4.79 Å². The summed E-state index contributed by atoms with van der Waals surface area (Å²) in [5.74, 6) is 0.586. The van der Waals surface area contributed by atoms with Gasteiger partial charge in [-0.25, -0.2) is 0 Å². The summed E-state index contributed by atoms with van der Waals surface area (Å²) in [4.78, 5) is 14.7. The van der Waals surface area contributed by atoms with E-state index in [0.717, 1.165) is 34.7 Å². The summed E-state index contributed by atoms with van der Waals surface area (Å²) in [5.41, 5.74) is 2.51. The molecule has 0 saturated heterocycles. The van der Waals surface area contributed by atoms with E-state index >= 15 is 0 Å². The van der Waals surface area contributed by atoms with Gasteiger partial charge in [0.1, 0.15) is 5.75 Å². The minimum absolute atomic E-state index is 0.0836. The average Bonchev–Trinajstić information content (AvgIpc) is 2.59. The van der Waals surface area contributed by atoms with Gasteiger partial charge in [0.2, 0.25) is 0 Å². The molecule has 5 heteroatoms. The lowest BCUT2D eigenvalue weighted by atomic mass is 10.2. The molecule has 134 valence electrons. The molecule has 0 fully saturated rings. The Balaban J connectivity index is 2.08. The van der Waals surface area contributed by atoms with Crippen LogP contribution in [0.2, 0.25) is 0 Å². The Morgan fingerprint density at radius 1 is 1.12 bits per heavy atom. The summed E-state index contributed by atoms with van der Waals surface area (Å²) in [6, 6.07) is 13.3. The van der Waals surface area contributed by atoms with Crippen molar-refractivity contribution in [3.05, 3.63) is 52.5 Å². The molecule has 25 heavy (non-hydrogen) atoms. The van der Waals surface area contributed by atoms with Crippen molar-refractivity contribution in [1.82, 2.24) is 0 Å². The molecule has 0 aliphatic heterocycles. The van der Waals surface area contributed by atoms with E-state index in [1.165, 1.54) is 0 Å². The molecule has 0 aliphatic rings. The van der Waals surface area contributed by atoms with E-state index in [2.05, 4.69) is 40.0 Å². The number of nitrogens with zero attached hydrogens (tertiary/aromatic N) is 1. The molecule has 0 bridgehead atoms. The van der Waals surface area contributed by atoms with Gasteiger partial charge in [-0.15, -0.1) is 0 Å². The number of nitrogens with one attached hydrogen (secondary N) is 1. The van der Waals surface area contributed by atoms with Gasteiger partial charge >= 0.3 is 0 Å². The van der Waals surface area contributed by atoms with Crippen molar-refractivity contribution in [3.8, 4) is 5.75 Å². The fraction of sp³-hybridized carbons (Fsp3) is 0.350. The summed E-state index contributed by atoms with van der Waals surface area (Å²) in [7, 11) is 0. The van der Waals surface area contributed by atoms with Gasteiger partial charge in [-0.1, -0.05) is 0 Å². The normalized spacial score (nSPS) is 10.6. The Labute approximate surface area is 158 Å². The molecule has 0 spiro atoms. The first-order valence-corrected chi connectivity index (χ1v) is 9.36. The minimum atomic E-state index is -0.146. The molecule has 4 nitrogen and oxygen atoms in total. The molecule has 2 aromatic rings. The van der Waals surface area contributed by atoms with Crippen molar-refractivity contribution < 1.29 is 9.53 Å². The highest BCUT2D eigenvalue weighted by Crippen LogP contribution is 2.27. The molecule has 1 amide bonds. The predicted octanol–water partition coefficient (Wildman–Crippen LogP) is 5.33. The highest BCUT2D eigenvalue weighted by atomic mass is 79.9. The maximum Gasteiger partial charge on any atom is 0.255 e. The predicted molar refractivity (Wildman–Crippen MR) is 108 cm³/mol. The summed E-state index contributed by atoms with van der Waals surface area (Å²) in [6.07, 6.45) is 0.0836. The van der Waals surface area contributed by atoms with E-state index in [-0.39, 0.29) is 12.0 Å². The molecule has 2 aromatic carbocycles. The smallest absolute Gasteiger partial charge is 0.255 e. The number of carbonyl (C=O) groups excluding carboxylic acids is 1. The van der Waals surface area contributed by atoms with E-state index < -0.39 is 0 Å². The van der Waals surface area contributed by atoms with Crippen LogP contribution in [0.4, 0.5) is 11.4 Å². The van der Waals surface area contributed by atoms with E-state index in [1.807, 2.05) is 44.2 Å². The lowest BCUT2D eigenvalue weighted by Gasteiger charge is -2.21. The van der Waals surface area contributed by atoms with E-state index in [4.69, 9.17) is 4.74 Å². The maximum absolute atomic E-state index is 12.4. The second-order valence-corrected chi connectivity index (χ2v) is 6.84. The zero-order valence-electron chi connectivity index (χ0n) is 15.2. The van der Waals surface area contributed by atoms with Gasteiger partial charge in [-0.3, -0.25) is 4.79 Å². The van der Waals surface area contributed by atoms with Crippen LogP contribution in [0.1, 0.15) is 38.1 Å². The van der Waals surface area contributed by atoms with Gasteiger partial charge in [-0.05, 0) is 86.1 Å². The van der Waals surface area contributed by atoms with Crippen LogP contribution in [0.5, 0.6) is 5.75 Å². The third kappa shape index (κ3) is 5.23. The van der Waals surface area contributed by atoms with Crippen molar-refractivity contribution >= 4 is 33.2 Å². The third-order valence-electron chi connectivity index (χ3n) is 3.81. The number of hydrogen-bond acceptors (Lipinski definition) is 3. The Hall–Kier alpha value is -2.01. The summed E-state index contributed by atoms with van der Waals surface area (Å²) >= 11 is 3.46. The standard InChI is InChI=1S/C20H25BrN2O2/c1-5-23(6-2)17-10-8-16(9-11-17)22-20(24)15-7-12-19(18(21)13-15)25-14(3)4/h7-14H,5-6H2,1-4H3,(H,22,24). The van der Waals surface area contributed by atoms with Gasteiger partial charge in [0.05, 0.1) is 10.6 Å². The SMILES string of the molecule is CCN(CC)c1ccc(NC(=O)c2ccc(OC(C)C)c(Br)c2)cc1. The number of carbonyl (C=O) groups is 1. The van der Waals surface area contributed by atoms with Crippen LogP contribution in [-0.2, 0) is 0 Å². The minimum Gasteiger partial charge on any atom is -0.490 e. The fourth-order valence-corrected chi connectivity index (χ4v) is 3.01. The number of benzene rings is 2. The Bertz CT molecular complexity index is 710. The number of halogens is 1. The molecular weight excluding hydrogens is 380 g/mol. The zero-order valence-corrected chi connectivity index (χ0v) is 16.8. The van der Waals surface area contributed by atoms with Crippen molar-refractivity contribution in [2.45, 2.75) is 33.8 Å². The highest BCUT2D eigenvalue weighted by molar-refractivity contribution is 9.10. The maximum atomic E-state index is 12.4. The van der Waals surface area contributed by atoms with Crippen LogP contribution < -0.4 is 15.0 Å². The van der Waals surface area contributed by atoms with Gasteiger partial charge in [-0.2, -0.15) is 0 Å². The summed E-state index contributed by atoms with van der Waals surface area (Å²) in [6.45, 7) is 10.1. The van der Waals surface area contributed by atoms with Crippen LogP contribution in [0, 0.1) is 0 Å². The van der Waals surface area contributed by atoms with E-state index in [0.29, 0.717) is 5.56 Å². The molecular formula is C20H25BrN2O2. The van der Waals surface area contributed by atoms with Crippen molar-refractivity contribution in [2.24, 2.45) is 0 Å². The number of ether oxygens (including phenoxy) is 1. The molecule has 0 radical (unpaired) electrons. The largest absolute Gasteiger partial charge is 0.490 e. The van der Waals surface area contributed by atoms with Crippen LogP contribution in [0.3, 0.4) is 0 Å². The molecule has 0 heterocycles. The van der Waals surface area contributed by atoms with Crippen molar-refractivity contribution in [3.63, 3.8) is 0 Å². The Morgan fingerprint density at radius 2 is 1.76 bits per heavy atom. The van der Waals surface area contributed by atoms with Gasteiger partial charge in [0.25, 0.3) is 5.91 Å². The van der Waals surface area contributed by atoms with Crippen LogP contribution in [0.15, 0.2) is 46.9 Å². The lowest BCUT2D eigenvalue weighted by Crippen LogP contribution is -2.21. The molecule has 0 aliphatic carbocycles. The Morgan fingerprint density at radius 3 is 2.28 bits per heavy atom. The second kappa shape index (κ2) is 8.90. The number of rotatable bonds is 7. The Kier molecular flexibility index (Phi) is 6.88. The molecule has 2 rings (SSSR count). The first-order chi connectivity index (χ1) is 11.9. The molecule has 0 unspecified atom stereocenters. The summed E-state index contributed by atoms with van der Waals surface area (Å²) in [5, 5.41) is 2.93. The number of anilines is 2. The summed E-state index contributed by atoms with van der Waals surface area (Å²) < 4.78 is 6.44. The number of hydrogen-bond donors (Lipinski definition) is 1. The third-order valence-corrected chi connectivity index (χ3v) is 4.43. The first-order valence-electron chi connectivity index (χ1n) is 8.57. The quantitative estimate of drug-likeness (QED) is 0.677. The topological polar surface area (TPSA) is 41.6 Å². The van der Waals surface area contributed by atoms with Crippen LogP contribution in [-0.4, -0.2) is 25.1 Å². The molecule has 1 N–H and O–H groups in total. The molecule has 0 saturated carbocycles. The number of amides is 1. The zero-order chi connectivity index (χ0) is 18.4. The van der Waals surface area contributed by atoms with Crippen LogP contribution in [0.25, 0.3) is 0 Å². The molecule has 0 aromatic heterocycles. The highest BCUT2D eigenvalue weighted by Gasteiger charge is 2.11. The fourth-order valence-electron chi connectivity index (χ4n) is 2.54. The van der Waals surface area contributed by atoms with Crippen molar-refractivity contribution in [2.75, 3.05) is 23.3 Å². The van der Waals surface area contributed by atoms with Crippen molar-refractivity contribution in [1.29, 1.82) is 0 Å². The first kappa shape index (κ1) is 19.3. The lowest BCUT2D eigenvalue weighted by molar-refractivity contribution is 0.102. The molecule has 0 atom stereocenters. The van der Waals surface area contributed by atoms with Gasteiger partial charge in [0, 0.05) is 30.0 Å². The van der Waals surface area contributed by atoms with E-state index in [1.54, 1.807) is 12.1 Å².